The van der Waals surface area contributed by atoms with Gasteiger partial charge in [-0.2, -0.15) is 5.10 Å². The van der Waals surface area contributed by atoms with Crippen molar-refractivity contribution in [3.8, 4) is 5.75 Å². The Labute approximate surface area is 138 Å². The molecular formula is C16H18N2O6. The monoisotopic (exact) mass is 334 g/mol. The average molecular weight is 334 g/mol. The van der Waals surface area contributed by atoms with Crippen molar-refractivity contribution in [1.82, 2.24) is 5.43 Å². The van der Waals surface area contributed by atoms with Crippen molar-refractivity contribution in [2.75, 3.05) is 20.8 Å². The molecule has 1 aliphatic heterocycles. The van der Waals surface area contributed by atoms with Gasteiger partial charge in [-0.1, -0.05) is 0 Å². The fourth-order valence-corrected chi connectivity index (χ4v) is 2.33. The molecule has 8 nitrogen and oxygen atoms in total. The number of methoxy groups -OCH3 is 2. The van der Waals surface area contributed by atoms with Gasteiger partial charge < -0.3 is 14.2 Å². The summed E-state index contributed by atoms with van der Waals surface area (Å²) in [7, 11) is 2.67. The predicted molar refractivity (Wildman–Crippen MR) is 83.9 cm³/mol. The van der Waals surface area contributed by atoms with Crippen LogP contribution in [0.3, 0.4) is 0 Å². The van der Waals surface area contributed by atoms with Crippen LogP contribution < -0.4 is 10.2 Å². The molecular weight excluding hydrogens is 316 g/mol. The highest BCUT2D eigenvalue weighted by Crippen LogP contribution is 2.26. The van der Waals surface area contributed by atoms with Gasteiger partial charge in [-0.15, -0.1) is 0 Å². The Morgan fingerprint density at radius 1 is 1.21 bits per heavy atom. The summed E-state index contributed by atoms with van der Waals surface area (Å²) >= 11 is 0. The Morgan fingerprint density at radius 2 is 1.88 bits per heavy atom. The van der Waals surface area contributed by atoms with Crippen LogP contribution in [0.4, 0.5) is 0 Å². The van der Waals surface area contributed by atoms with Gasteiger partial charge in [0.05, 0.1) is 20.8 Å². The molecule has 1 N–H and O–H groups in total. The Balaban J connectivity index is 2.31. The van der Waals surface area contributed by atoms with E-state index < -0.39 is 23.3 Å². The van der Waals surface area contributed by atoms with E-state index in [1.807, 2.05) is 0 Å². The van der Waals surface area contributed by atoms with Gasteiger partial charge in [0, 0.05) is 12.0 Å². The highest BCUT2D eigenvalue weighted by atomic mass is 16.5. The zero-order chi connectivity index (χ0) is 17.7. The van der Waals surface area contributed by atoms with Crippen LogP contribution in [-0.2, 0) is 19.1 Å². The summed E-state index contributed by atoms with van der Waals surface area (Å²) in [6, 6.07) is 6.24. The highest BCUT2D eigenvalue weighted by molar-refractivity contribution is 6.39. The Bertz CT molecular complexity index is 682. The minimum atomic E-state index is -1.79. The topological polar surface area (TPSA) is 103 Å². The van der Waals surface area contributed by atoms with Gasteiger partial charge in [-0.05, 0) is 31.2 Å². The molecule has 1 aromatic rings. The minimum Gasteiger partial charge on any atom is -0.497 e. The third-order valence-corrected chi connectivity index (χ3v) is 3.60. The van der Waals surface area contributed by atoms with Gasteiger partial charge in [0.1, 0.15) is 11.5 Å². The number of carbonyl (C=O) groups excluding carboxylic acids is 3. The molecule has 0 bridgehead atoms. The van der Waals surface area contributed by atoms with Crippen molar-refractivity contribution >= 4 is 23.4 Å². The van der Waals surface area contributed by atoms with E-state index in [2.05, 4.69) is 10.5 Å². The number of rotatable bonds is 6. The fourth-order valence-electron chi connectivity index (χ4n) is 2.33. The van der Waals surface area contributed by atoms with Crippen LogP contribution >= 0.6 is 0 Å². The predicted octanol–water partition coefficient (Wildman–Crippen LogP) is 0.702. The lowest BCUT2D eigenvalue weighted by molar-refractivity contribution is -0.145. The smallest absolute Gasteiger partial charge is 0.354 e. The van der Waals surface area contributed by atoms with E-state index >= 15 is 0 Å². The number of hydrazone groups is 1. The lowest BCUT2D eigenvalue weighted by atomic mass is 9.86. The molecule has 1 aliphatic rings. The molecule has 0 radical (unpaired) electrons. The summed E-state index contributed by atoms with van der Waals surface area (Å²) in [5, 5.41) is 3.80. The summed E-state index contributed by atoms with van der Waals surface area (Å²) in [5.41, 5.74) is 0.903. The average Bonchev–Trinajstić information content (AvgIpc) is 3.07. The van der Waals surface area contributed by atoms with Crippen molar-refractivity contribution in [1.29, 1.82) is 0 Å². The Kier molecular flexibility index (Phi) is 5.18. The van der Waals surface area contributed by atoms with Gasteiger partial charge in [-0.25, -0.2) is 9.59 Å². The van der Waals surface area contributed by atoms with Crippen molar-refractivity contribution in [3.63, 3.8) is 0 Å². The number of carbonyl (C=O) groups is 3. The van der Waals surface area contributed by atoms with E-state index in [0.29, 0.717) is 5.75 Å². The summed E-state index contributed by atoms with van der Waals surface area (Å²) in [4.78, 5) is 36.9. The first-order valence-electron chi connectivity index (χ1n) is 7.26. The summed E-state index contributed by atoms with van der Waals surface area (Å²) in [6.45, 7) is 1.81. The molecule has 0 fully saturated rings. The third-order valence-electron chi connectivity index (χ3n) is 3.60. The molecule has 0 amide bonds. The van der Waals surface area contributed by atoms with E-state index in [1.165, 1.54) is 19.2 Å². The normalized spacial score (nSPS) is 19.0. The van der Waals surface area contributed by atoms with Crippen LogP contribution in [0.15, 0.2) is 29.4 Å². The van der Waals surface area contributed by atoms with Crippen molar-refractivity contribution in [2.45, 2.75) is 18.9 Å². The van der Waals surface area contributed by atoms with Gasteiger partial charge in [-0.3, -0.25) is 10.2 Å². The fraction of sp³-hybridized carbons (Fsp3) is 0.375. The molecule has 1 aromatic carbocycles. The first kappa shape index (κ1) is 17.5. The van der Waals surface area contributed by atoms with Gasteiger partial charge in [0.15, 0.2) is 0 Å². The van der Waals surface area contributed by atoms with E-state index in [9.17, 15) is 14.4 Å². The molecule has 1 atom stereocenters. The van der Waals surface area contributed by atoms with Crippen molar-refractivity contribution in [3.05, 3.63) is 29.8 Å². The number of benzene rings is 1. The molecule has 0 saturated heterocycles. The lowest BCUT2D eigenvalue weighted by Crippen LogP contribution is -2.55. The van der Waals surface area contributed by atoms with Crippen LogP contribution in [0.1, 0.15) is 23.7 Å². The molecule has 1 heterocycles. The maximum Gasteiger partial charge on any atom is 0.354 e. The summed E-state index contributed by atoms with van der Waals surface area (Å²) in [5.74, 6) is -1.49. The maximum atomic E-state index is 12.9. The molecule has 128 valence electrons. The second-order valence-electron chi connectivity index (χ2n) is 5.02. The van der Waals surface area contributed by atoms with Gasteiger partial charge >= 0.3 is 11.9 Å². The molecule has 1 unspecified atom stereocenters. The number of nitrogens with zero attached hydrogens (tertiary/aromatic N) is 1. The number of hydrogen-bond acceptors (Lipinski definition) is 8. The largest absolute Gasteiger partial charge is 0.497 e. The summed E-state index contributed by atoms with van der Waals surface area (Å²) in [6.07, 6.45) is -0.247. The number of ether oxygens (including phenoxy) is 3. The zero-order valence-corrected chi connectivity index (χ0v) is 13.6. The second-order valence-corrected chi connectivity index (χ2v) is 5.02. The SMILES string of the molecule is CCOC(=O)C1=NNC(C(=O)OC)(C(=O)c2ccc(OC)cc2)C1. The van der Waals surface area contributed by atoms with Crippen LogP contribution in [0.25, 0.3) is 0 Å². The quantitative estimate of drug-likeness (QED) is 0.464. The van der Waals surface area contributed by atoms with Gasteiger partial charge in [0.25, 0.3) is 0 Å². The van der Waals surface area contributed by atoms with Crippen molar-refractivity contribution < 1.29 is 28.6 Å². The lowest BCUT2D eigenvalue weighted by Gasteiger charge is -2.24. The van der Waals surface area contributed by atoms with Crippen molar-refractivity contribution in [2.24, 2.45) is 5.10 Å². The molecule has 24 heavy (non-hydrogen) atoms. The number of esters is 2. The number of hydrogen-bond donors (Lipinski definition) is 1. The summed E-state index contributed by atoms with van der Waals surface area (Å²) < 4.78 is 14.6. The third kappa shape index (κ3) is 3.08. The first-order chi connectivity index (χ1) is 11.5. The minimum absolute atomic E-state index is 0.0379. The van der Waals surface area contributed by atoms with E-state index in [0.717, 1.165) is 7.11 Å². The van der Waals surface area contributed by atoms with Crippen LogP contribution in [-0.4, -0.2) is 49.8 Å². The van der Waals surface area contributed by atoms with Crippen LogP contribution in [0.5, 0.6) is 5.75 Å². The van der Waals surface area contributed by atoms with Crippen LogP contribution in [0.2, 0.25) is 0 Å². The second kappa shape index (κ2) is 7.12. The Hall–Kier alpha value is -2.90. The maximum absolute atomic E-state index is 12.9. The standard InChI is InChI=1S/C16H18N2O6/c1-4-24-14(20)12-9-16(18-17-12,15(21)23-3)13(19)10-5-7-11(22-2)8-6-10/h5-8,18H,4,9H2,1-3H3. The molecule has 0 aliphatic carbocycles. The van der Waals surface area contributed by atoms with Gasteiger partial charge in [0.2, 0.25) is 11.3 Å². The number of ketones is 1. The molecule has 0 aromatic heterocycles. The number of nitrogens with one attached hydrogen (secondary N) is 1. The number of Topliss-reactive ketones (excluding diaryl/α,β-unsaturated/α-hetero) is 1. The molecule has 0 spiro atoms. The Morgan fingerprint density at radius 3 is 2.42 bits per heavy atom. The zero-order valence-electron chi connectivity index (χ0n) is 13.6. The highest BCUT2D eigenvalue weighted by Gasteiger charge is 2.52. The molecule has 0 saturated carbocycles. The van der Waals surface area contributed by atoms with E-state index in [1.54, 1.807) is 19.1 Å². The first-order valence-corrected chi connectivity index (χ1v) is 7.26. The van der Waals surface area contributed by atoms with Crippen LogP contribution in [0, 0.1) is 0 Å². The van der Waals surface area contributed by atoms with E-state index in [4.69, 9.17) is 14.2 Å². The molecule has 2 rings (SSSR count). The van der Waals surface area contributed by atoms with E-state index in [-0.39, 0.29) is 24.3 Å². The molecule has 8 heteroatoms.